The molecule has 0 bridgehead atoms. The number of rotatable bonds is 2. The first-order valence-electron chi connectivity index (χ1n) is 3.57. The van der Waals surface area contributed by atoms with Gasteiger partial charge in [0, 0.05) is 5.33 Å². The molecule has 0 aliphatic heterocycles. The van der Waals surface area contributed by atoms with Crippen LogP contribution in [0.3, 0.4) is 0 Å². The fourth-order valence-electron chi connectivity index (χ4n) is 0.736. The standard InChI is InChI=1S/C8H7BrO2.CHNO/c9-5-6-1-3-7(4-2-6)8(10)11;2-1-3/h1-4H,5H2,(H,10,11);2H. The van der Waals surface area contributed by atoms with E-state index in [9.17, 15) is 4.79 Å². The summed E-state index contributed by atoms with van der Waals surface area (Å²) in [5.74, 6) is -0.883. The van der Waals surface area contributed by atoms with Crippen molar-refractivity contribution in [3.05, 3.63) is 35.4 Å². The Kier molecular flexibility index (Phi) is 6.28. The van der Waals surface area contributed by atoms with Crippen LogP contribution in [0.1, 0.15) is 15.9 Å². The Labute approximate surface area is 89.2 Å². The summed E-state index contributed by atoms with van der Waals surface area (Å²) in [6, 6.07) is 6.77. The number of hydrogen-bond acceptors (Lipinski definition) is 3. The largest absolute Gasteiger partial charge is 0.478 e. The summed E-state index contributed by atoms with van der Waals surface area (Å²) in [6.45, 7) is 0. The Bertz CT molecular complexity index is 328. The van der Waals surface area contributed by atoms with E-state index < -0.39 is 5.97 Å². The van der Waals surface area contributed by atoms with E-state index in [-0.39, 0.29) is 0 Å². The summed E-state index contributed by atoms with van der Waals surface area (Å²) in [6.07, 6.45) is 0.750. The number of carbonyl (C=O) groups excluding carboxylic acids is 1. The lowest BCUT2D eigenvalue weighted by Crippen LogP contribution is -1.95. The maximum Gasteiger partial charge on any atom is 0.335 e. The highest BCUT2D eigenvalue weighted by Crippen LogP contribution is 2.07. The molecule has 2 N–H and O–H groups in total. The number of carboxylic acid groups (broad SMARTS) is 1. The lowest BCUT2D eigenvalue weighted by Gasteiger charge is -1.95. The van der Waals surface area contributed by atoms with Gasteiger partial charge in [-0.2, -0.15) is 0 Å². The third-order valence-electron chi connectivity index (χ3n) is 1.36. The Morgan fingerprint density at radius 1 is 1.43 bits per heavy atom. The van der Waals surface area contributed by atoms with Crippen LogP contribution < -0.4 is 0 Å². The topological polar surface area (TPSA) is 78.2 Å². The molecule has 0 aliphatic carbocycles. The van der Waals surface area contributed by atoms with Gasteiger partial charge >= 0.3 is 5.97 Å². The van der Waals surface area contributed by atoms with E-state index in [1.165, 1.54) is 0 Å². The summed E-state index contributed by atoms with van der Waals surface area (Å²) in [4.78, 5) is 18.7. The van der Waals surface area contributed by atoms with Crippen molar-refractivity contribution in [2.24, 2.45) is 0 Å². The molecule has 0 saturated carbocycles. The molecule has 0 unspecified atom stereocenters. The first kappa shape index (κ1) is 12.6. The van der Waals surface area contributed by atoms with E-state index in [4.69, 9.17) is 15.3 Å². The van der Waals surface area contributed by atoms with Crippen molar-refractivity contribution < 1.29 is 14.7 Å². The third-order valence-corrected chi connectivity index (χ3v) is 2.00. The van der Waals surface area contributed by atoms with Gasteiger partial charge in [0.2, 0.25) is 6.08 Å². The molecule has 0 radical (unpaired) electrons. The molecule has 1 aromatic rings. The van der Waals surface area contributed by atoms with Crippen LogP contribution in [0.2, 0.25) is 0 Å². The lowest BCUT2D eigenvalue weighted by atomic mass is 10.2. The first-order chi connectivity index (χ1) is 6.65. The van der Waals surface area contributed by atoms with Crippen LogP contribution in [0.5, 0.6) is 0 Å². The minimum Gasteiger partial charge on any atom is -0.478 e. The van der Waals surface area contributed by atoms with Crippen LogP contribution in [0.4, 0.5) is 0 Å². The van der Waals surface area contributed by atoms with E-state index in [0.717, 1.165) is 17.0 Å². The Morgan fingerprint density at radius 2 is 1.86 bits per heavy atom. The fraction of sp³-hybridized carbons (Fsp3) is 0.111. The maximum atomic E-state index is 10.4. The van der Waals surface area contributed by atoms with Crippen molar-refractivity contribution in [1.29, 1.82) is 5.41 Å². The van der Waals surface area contributed by atoms with Crippen LogP contribution in [0, 0.1) is 5.41 Å². The number of nitrogens with one attached hydrogen (secondary N) is 1. The number of hydrogen-bond donors (Lipinski definition) is 2. The normalized spacial score (nSPS) is 8.07. The van der Waals surface area contributed by atoms with Gasteiger partial charge in [-0.25, -0.2) is 15.0 Å². The smallest absolute Gasteiger partial charge is 0.335 e. The molecule has 0 spiro atoms. The van der Waals surface area contributed by atoms with E-state index in [0.29, 0.717) is 5.56 Å². The second-order valence-electron chi connectivity index (χ2n) is 2.24. The molecule has 0 atom stereocenters. The van der Waals surface area contributed by atoms with Gasteiger partial charge in [-0.3, -0.25) is 0 Å². The predicted octanol–water partition coefficient (Wildman–Crippen LogP) is 2.18. The minimum atomic E-state index is -0.883. The highest BCUT2D eigenvalue weighted by molar-refractivity contribution is 9.08. The Morgan fingerprint density at radius 3 is 2.14 bits per heavy atom. The van der Waals surface area contributed by atoms with Crippen LogP contribution in [0.25, 0.3) is 0 Å². The average molecular weight is 258 g/mol. The molecule has 14 heavy (non-hydrogen) atoms. The van der Waals surface area contributed by atoms with Gasteiger partial charge in [-0.05, 0) is 17.7 Å². The van der Waals surface area contributed by atoms with Gasteiger partial charge in [-0.1, -0.05) is 28.1 Å². The number of carboxylic acids is 1. The number of halogens is 1. The van der Waals surface area contributed by atoms with Crippen molar-refractivity contribution in [3.63, 3.8) is 0 Å². The van der Waals surface area contributed by atoms with Gasteiger partial charge in [0.25, 0.3) is 0 Å². The van der Waals surface area contributed by atoms with Gasteiger partial charge < -0.3 is 5.11 Å². The molecule has 0 amide bonds. The third kappa shape index (κ3) is 4.54. The monoisotopic (exact) mass is 257 g/mol. The zero-order valence-corrected chi connectivity index (χ0v) is 8.74. The summed E-state index contributed by atoms with van der Waals surface area (Å²) in [7, 11) is 0. The fourth-order valence-corrected chi connectivity index (χ4v) is 1.11. The number of benzene rings is 1. The molecule has 0 saturated heterocycles. The van der Waals surface area contributed by atoms with Crippen molar-refractivity contribution in [2.75, 3.05) is 0 Å². The molecule has 0 aromatic heterocycles. The van der Waals surface area contributed by atoms with Crippen molar-refractivity contribution >= 4 is 28.0 Å². The molecule has 0 heterocycles. The molecule has 5 heteroatoms. The minimum absolute atomic E-state index is 0.328. The predicted molar refractivity (Wildman–Crippen MR) is 54.4 cm³/mol. The van der Waals surface area contributed by atoms with Gasteiger partial charge in [0.05, 0.1) is 5.56 Å². The maximum absolute atomic E-state index is 10.4. The van der Waals surface area contributed by atoms with Gasteiger partial charge in [-0.15, -0.1) is 0 Å². The molecule has 1 aromatic carbocycles. The quantitative estimate of drug-likeness (QED) is 0.484. The van der Waals surface area contributed by atoms with Gasteiger partial charge in [0.15, 0.2) is 0 Å². The van der Waals surface area contributed by atoms with Crippen LogP contribution in [-0.4, -0.2) is 17.2 Å². The number of carbonyl (C=O) groups is 1. The van der Waals surface area contributed by atoms with Crippen LogP contribution in [0.15, 0.2) is 24.3 Å². The molecular formula is C9H8BrNO3. The lowest BCUT2D eigenvalue weighted by molar-refractivity contribution is 0.0697. The van der Waals surface area contributed by atoms with Crippen molar-refractivity contribution in [3.8, 4) is 0 Å². The average Bonchev–Trinajstić information content (AvgIpc) is 2.19. The van der Waals surface area contributed by atoms with Crippen LogP contribution in [-0.2, 0) is 10.1 Å². The van der Waals surface area contributed by atoms with Crippen molar-refractivity contribution in [2.45, 2.75) is 5.33 Å². The molecule has 74 valence electrons. The summed E-state index contributed by atoms with van der Waals surface area (Å²) < 4.78 is 0. The zero-order chi connectivity index (χ0) is 11.0. The Balaban J connectivity index is 0.000000500. The van der Waals surface area contributed by atoms with Crippen LogP contribution >= 0.6 is 15.9 Å². The molecular weight excluding hydrogens is 250 g/mol. The first-order valence-corrected chi connectivity index (χ1v) is 4.70. The highest BCUT2D eigenvalue weighted by atomic mass is 79.9. The Hall–Kier alpha value is -1.45. The molecule has 0 aliphatic rings. The van der Waals surface area contributed by atoms with Gasteiger partial charge in [0.1, 0.15) is 0 Å². The number of isocyanates is 1. The molecule has 4 nitrogen and oxygen atoms in total. The summed E-state index contributed by atoms with van der Waals surface area (Å²) in [5.41, 5.74) is 1.41. The molecule has 0 fully saturated rings. The number of alkyl halides is 1. The second-order valence-corrected chi connectivity index (χ2v) is 2.80. The summed E-state index contributed by atoms with van der Waals surface area (Å²) >= 11 is 3.27. The summed E-state index contributed by atoms with van der Waals surface area (Å²) in [5, 5.41) is 14.7. The van der Waals surface area contributed by atoms with E-state index in [1.807, 2.05) is 0 Å². The van der Waals surface area contributed by atoms with E-state index >= 15 is 0 Å². The van der Waals surface area contributed by atoms with E-state index in [2.05, 4.69) is 15.9 Å². The molecule has 1 rings (SSSR count). The van der Waals surface area contributed by atoms with Crippen molar-refractivity contribution in [1.82, 2.24) is 0 Å². The van der Waals surface area contributed by atoms with E-state index in [1.54, 1.807) is 24.3 Å². The zero-order valence-electron chi connectivity index (χ0n) is 7.16. The second kappa shape index (κ2) is 7.00. The SMILES string of the molecule is N=C=O.O=C(O)c1ccc(CBr)cc1. The number of aromatic carboxylic acids is 1. The highest BCUT2D eigenvalue weighted by Gasteiger charge is 1.99.